The molecule has 0 aliphatic rings. The van der Waals surface area contributed by atoms with Crippen molar-refractivity contribution in [1.29, 1.82) is 0 Å². The summed E-state index contributed by atoms with van der Waals surface area (Å²) in [6.45, 7) is 4.46. The lowest BCUT2D eigenvalue weighted by Gasteiger charge is -2.08. The van der Waals surface area contributed by atoms with E-state index in [1.165, 1.54) is 16.7 Å². The van der Waals surface area contributed by atoms with Gasteiger partial charge in [0.15, 0.2) is 0 Å². The fourth-order valence-electron chi connectivity index (χ4n) is 2.59. The number of pyridine rings is 2. The largest absolute Gasteiger partial charge is 0.255 e. The molecule has 3 rings (SSSR count). The average molecular weight is 288 g/mol. The fraction of sp³-hybridized carbons (Fsp3) is 0.200. The fourth-order valence-corrected chi connectivity index (χ4v) is 2.59. The Labute approximate surface area is 131 Å². The first kappa shape index (κ1) is 14.5. The lowest BCUT2D eigenvalue weighted by atomic mass is 10.0. The number of aromatic nitrogens is 2. The highest BCUT2D eigenvalue weighted by atomic mass is 14.8. The zero-order valence-corrected chi connectivity index (χ0v) is 13.0. The van der Waals surface area contributed by atoms with Crippen molar-refractivity contribution in [1.82, 2.24) is 9.97 Å². The van der Waals surface area contributed by atoms with Crippen LogP contribution in [0.5, 0.6) is 0 Å². The van der Waals surface area contributed by atoms with E-state index in [1.54, 1.807) is 0 Å². The molecular formula is C20H20N2. The maximum Gasteiger partial charge on any atom is 0.0892 e. The molecule has 0 saturated heterocycles. The summed E-state index contributed by atoms with van der Waals surface area (Å²) >= 11 is 0. The van der Waals surface area contributed by atoms with E-state index >= 15 is 0 Å². The minimum absolute atomic E-state index is 0.638. The Hall–Kier alpha value is -2.48. The lowest BCUT2D eigenvalue weighted by Crippen LogP contribution is -1.96. The number of hydrogen-bond donors (Lipinski definition) is 0. The smallest absolute Gasteiger partial charge is 0.0892 e. The topological polar surface area (TPSA) is 25.8 Å². The molecule has 2 nitrogen and oxygen atoms in total. The van der Waals surface area contributed by atoms with Gasteiger partial charge in [-0.05, 0) is 53.3 Å². The third kappa shape index (κ3) is 3.40. The van der Waals surface area contributed by atoms with Crippen molar-refractivity contribution in [3.8, 4) is 22.5 Å². The molecule has 110 valence electrons. The standard InChI is InChI=1S/C20H20N2/c1-15(2)12-16-8-10-21-19(13-16)20-14-18(9-11-22-20)17-6-4-3-5-7-17/h3-11,13-15H,12H2,1-2H3. The Morgan fingerprint density at radius 2 is 1.45 bits per heavy atom. The van der Waals surface area contributed by atoms with E-state index in [-0.39, 0.29) is 0 Å². The van der Waals surface area contributed by atoms with Gasteiger partial charge in [0.25, 0.3) is 0 Å². The third-order valence-corrected chi connectivity index (χ3v) is 3.60. The monoisotopic (exact) mass is 288 g/mol. The van der Waals surface area contributed by atoms with Crippen molar-refractivity contribution in [3.63, 3.8) is 0 Å². The van der Waals surface area contributed by atoms with Gasteiger partial charge in [0.1, 0.15) is 0 Å². The quantitative estimate of drug-likeness (QED) is 0.674. The molecule has 0 aliphatic heterocycles. The van der Waals surface area contributed by atoms with Gasteiger partial charge in [0.2, 0.25) is 0 Å². The molecule has 3 aromatic rings. The van der Waals surface area contributed by atoms with E-state index in [0.29, 0.717) is 5.92 Å². The molecule has 0 saturated carbocycles. The summed E-state index contributed by atoms with van der Waals surface area (Å²) in [5.41, 5.74) is 5.54. The van der Waals surface area contributed by atoms with Crippen LogP contribution in [-0.2, 0) is 6.42 Å². The molecule has 0 amide bonds. The van der Waals surface area contributed by atoms with Crippen molar-refractivity contribution < 1.29 is 0 Å². The van der Waals surface area contributed by atoms with Gasteiger partial charge in [0.05, 0.1) is 11.4 Å². The van der Waals surface area contributed by atoms with Crippen molar-refractivity contribution in [2.75, 3.05) is 0 Å². The minimum atomic E-state index is 0.638. The molecule has 2 heterocycles. The molecule has 0 aliphatic carbocycles. The van der Waals surface area contributed by atoms with Crippen molar-refractivity contribution in [3.05, 3.63) is 72.6 Å². The maximum absolute atomic E-state index is 4.49. The van der Waals surface area contributed by atoms with Crippen LogP contribution >= 0.6 is 0 Å². The molecule has 1 aromatic carbocycles. The number of rotatable bonds is 4. The summed E-state index contributed by atoms with van der Waals surface area (Å²) in [6.07, 6.45) is 4.80. The highest BCUT2D eigenvalue weighted by Gasteiger charge is 2.06. The number of nitrogens with zero attached hydrogens (tertiary/aromatic N) is 2. The predicted molar refractivity (Wildman–Crippen MR) is 91.4 cm³/mol. The molecule has 0 unspecified atom stereocenters. The molecule has 0 bridgehead atoms. The Kier molecular flexibility index (Phi) is 4.29. The van der Waals surface area contributed by atoms with Gasteiger partial charge in [-0.2, -0.15) is 0 Å². The summed E-state index contributed by atoms with van der Waals surface area (Å²) in [5, 5.41) is 0. The minimum Gasteiger partial charge on any atom is -0.255 e. The number of benzene rings is 1. The molecular weight excluding hydrogens is 268 g/mol. The second-order valence-corrected chi connectivity index (χ2v) is 5.94. The molecule has 22 heavy (non-hydrogen) atoms. The van der Waals surface area contributed by atoms with Gasteiger partial charge in [-0.3, -0.25) is 9.97 Å². The summed E-state index contributed by atoms with van der Waals surface area (Å²) in [5.74, 6) is 0.638. The predicted octanol–water partition coefficient (Wildman–Crippen LogP) is 5.01. The summed E-state index contributed by atoms with van der Waals surface area (Å²) < 4.78 is 0. The molecule has 0 N–H and O–H groups in total. The van der Waals surface area contributed by atoms with Gasteiger partial charge < -0.3 is 0 Å². The van der Waals surface area contributed by atoms with Crippen molar-refractivity contribution in [2.45, 2.75) is 20.3 Å². The second kappa shape index (κ2) is 6.52. The van der Waals surface area contributed by atoms with Gasteiger partial charge in [-0.15, -0.1) is 0 Å². The van der Waals surface area contributed by atoms with Gasteiger partial charge in [-0.25, -0.2) is 0 Å². The molecule has 2 aromatic heterocycles. The third-order valence-electron chi connectivity index (χ3n) is 3.60. The average Bonchev–Trinajstić information content (AvgIpc) is 2.55. The van der Waals surface area contributed by atoms with Crippen LogP contribution in [0.3, 0.4) is 0 Å². The highest BCUT2D eigenvalue weighted by Crippen LogP contribution is 2.24. The van der Waals surface area contributed by atoms with Crippen LogP contribution in [-0.4, -0.2) is 9.97 Å². The lowest BCUT2D eigenvalue weighted by molar-refractivity contribution is 0.647. The Bertz CT molecular complexity index is 748. The van der Waals surface area contributed by atoms with Crippen LogP contribution in [0.25, 0.3) is 22.5 Å². The number of hydrogen-bond acceptors (Lipinski definition) is 2. The Balaban J connectivity index is 1.96. The maximum atomic E-state index is 4.49. The highest BCUT2D eigenvalue weighted by molar-refractivity contribution is 5.68. The van der Waals surface area contributed by atoms with Gasteiger partial charge in [-0.1, -0.05) is 44.2 Å². The van der Waals surface area contributed by atoms with Gasteiger partial charge >= 0.3 is 0 Å². The van der Waals surface area contributed by atoms with E-state index in [9.17, 15) is 0 Å². The first-order valence-electron chi connectivity index (χ1n) is 7.69. The van der Waals surface area contributed by atoms with Crippen LogP contribution in [0.15, 0.2) is 67.0 Å². The van der Waals surface area contributed by atoms with Crippen LogP contribution in [0.1, 0.15) is 19.4 Å². The summed E-state index contributed by atoms with van der Waals surface area (Å²) in [6, 6.07) is 18.7. The molecule has 2 heteroatoms. The second-order valence-electron chi connectivity index (χ2n) is 5.94. The summed E-state index contributed by atoms with van der Waals surface area (Å²) in [7, 11) is 0. The van der Waals surface area contributed by atoms with Crippen LogP contribution < -0.4 is 0 Å². The first-order chi connectivity index (χ1) is 10.7. The van der Waals surface area contributed by atoms with Gasteiger partial charge in [0, 0.05) is 12.4 Å². The normalized spacial score (nSPS) is 10.9. The summed E-state index contributed by atoms with van der Waals surface area (Å²) in [4.78, 5) is 8.98. The van der Waals surface area contributed by atoms with Crippen LogP contribution in [0.2, 0.25) is 0 Å². The van der Waals surface area contributed by atoms with E-state index in [4.69, 9.17) is 0 Å². The zero-order valence-electron chi connectivity index (χ0n) is 13.0. The molecule has 0 fully saturated rings. The van der Waals surface area contributed by atoms with E-state index in [1.807, 2.05) is 24.5 Å². The van der Waals surface area contributed by atoms with E-state index in [0.717, 1.165) is 17.8 Å². The van der Waals surface area contributed by atoms with E-state index in [2.05, 4.69) is 66.3 Å². The van der Waals surface area contributed by atoms with Crippen molar-refractivity contribution >= 4 is 0 Å². The van der Waals surface area contributed by atoms with Crippen LogP contribution in [0.4, 0.5) is 0 Å². The SMILES string of the molecule is CC(C)Cc1ccnc(-c2cc(-c3ccccc3)ccn2)c1. The Morgan fingerprint density at radius 1 is 0.773 bits per heavy atom. The first-order valence-corrected chi connectivity index (χ1v) is 7.69. The molecule has 0 atom stereocenters. The van der Waals surface area contributed by atoms with Crippen LogP contribution in [0, 0.1) is 5.92 Å². The van der Waals surface area contributed by atoms with E-state index < -0.39 is 0 Å². The molecule has 0 spiro atoms. The Morgan fingerprint density at radius 3 is 2.18 bits per heavy atom. The molecule has 0 radical (unpaired) electrons. The zero-order chi connectivity index (χ0) is 15.4. The van der Waals surface area contributed by atoms with Crippen molar-refractivity contribution in [2.24, 2.45) is 5.92 Å².